The second kappa shape index (κ2) is 6.40. The van der Waals surface area contributed by atoms with Gasteiger partial charge in [0.25, 0.3) is 0 Å². The zero-order valence-corrected chi connectivity index (χ0v) is 12.7. The normalized spacial score (nSPS) is 13.4. The number of nitrogens with two attached hydrogens (primary N) is 1. The lowest BCUT2D eigenvalue weighted by molar-refractivity contribution is -0.159. The Morgan fingerprint density at radius 2 is 1.84 bits per heavy atom. The Labute approximate surface area is 120 Å². The van der Waals surface area contributed by atoms with E-state index >= 15 is 0 Å². The number of hydrogen-bond donors (Lipinski definition) is 1. The first-order chi connectivity index (χ1) is 8.71. The van der Waals surface area contributed by atoms with Crippen LogP contribution in [0.25, 0.3) is 0 Å². The molecule has 0 amide bonds. The SMILES string of the molecule is CC(C)[C@H](N)C(=O)OC(C)(C)Cc1ccc(Cl)cc1. The van der Waals surface area contributed by atoms with Crippen LogP contribution in [0.3, 0.4) is 0 Å². The Morgan fingerprint density at radius 3 is 2.32 bits per heavy atom. The number of carbonyl (C=O) groups is 1. The number of esters is 1. The van der Waals surface area contributed by atoms with Crippen molar-refractivity contribution in [2.45, 2.75) is 45.8 Å². The standard InChI is InChI=1S/C15H22ClNO2/c1-10(2)13(17)14(18)19-15(3,4)9-11-5-7-12(16)8-6-11/h5-8,10,13H,9,17H2,1-4H3/t13-/m0/s1. The molecule has 0 aliphatic rings. The molecule has 106 valence electrons. The Morgan fingerprint density at radius 1 is 1.32 bits per heavy atom. The van der Waals surface area contributed by atoms with E-state index in [1.165, 1.54) is 0 Å². The van der Waals surface area contributed by atoms with Gasteiger partial charge in [0.2, 0.25) is 0 Å². The zero-order valence-electron chi connectivity index (χ0n) is 11.9. The molecule has 0 aliphatic heterocycles. The maximum atomic E-state index is 11.9. The fourth-order valence-corrected chi connectivity index (χ4v) is 1.87. The number of ether oxygens (including phenoxy) is 1. The molecule has 2 N–H and O–H groups in total. The highest BCUT2D eigenvalue weighted by Gasteiger charge is 2.28. The van der Waals surface area contributed by atoms with Gasteiger partial charge < -0.3 is 10.5 Å². The molecule has 1 aromatic carbocycles. The number of carbonyl (C=O) groups excluding carboxylic acids is 1. The van der Waals surface area contributed by atoms with Crippen LogP contribution in [-0.2, 0) is 16.0 Å². The van der Waals surface area contributed by atoms with Crippen LogP contribution >= 0.6 is 11.6 Å². The third kappa shape index (κ3) is 5.21. The Hall–Kier alpha value is -1.06. The van der Waals surface area contributed by atoms with Crippen LogP contribution < -0.4 is 5.73 Å². The van der Waals surface area contributed by atoms with Crippen molar-refractivity contribution in [2.75, 3.05) is 0 Å². The predicted molar refractivity (Wildman–Crippen MR) is 78.1 cm³/mol. The van der Waals surface area contributed by atoms with Crippen LogP contribution in [0.1, 0.15) is 33.3 Å². The van der Waals surface area contributed by atoms with Gasteiger partial charge in [-0.1, -0.05) is 37.6 Å². The highest BCUT2D eigenvalue weighted by Crippen LogP contribution is 2.20. The van der Waals surface area contributed by atoms with E-state index in [0.29, 0.717) is 11.4 Å². The summed E-state index contributed by atoms with van der Waals surface area (Å²) < 4.78 is 5.50. The van der Waals surface area contributed by atoms with Gasteiger partial charge in [-0.3, -0.25) is 4.79 Å². The molecule has 0 bridgehead atoms. The molecule has 0 saturated carbocycles. The van der Waals surface area contributed by atoms with Crippen molar-refractivity contribution in [3.05, 3.63) is 34.9 Å². The van der Waals surface area contributed by atoms with E-state index in [4.69, 9.17) is 22.1 Å². The van der Waals surface area contributed by atoms with E-state index in [9.17, 15) is 4.79 Å². The van der Waals surface area contributed by atoms with Gasteiger partial charge in [0.1, 0.15) is 11.6 Å². The summed E-state index contributed by atoms with van der Waals surface area (Å²) >= 11 is 5.84. The monoisotopic (exact) mass is 283 g/mol. The van der Waals surface area contributed by atoms with E-state index in [-0.39, 0.29) is 11.9 Å². The number of halogens is 1. The van der Waals surface area contributed by atoms with E-state index < -0.39 is 11.6 Å². The van der Waals surface area contributed by atoms with Gasteiger partial charge in [-0.05, 0) is 37.5 Å². The molecule has 1 atom stereocenters. The van der Waals surface area contributed by atoms with E-state index in [1.54, 1.807) is 0 Å². The highest BCUT2D eigenvalue weighted by molar-refractivity contribution is 6.30. The summed E-state index contributed by atoms with van der Waals surface area (Å²) in [6.07, 6.45) is 0.626. The Balaban J connectivity index is 2.65. The maximum absolute atomic E-state index is 11.9. The van der Waals surface area contributed by atoms with Crippen molar-refractivity contribution in [2.24, 2.45) is 11.7 Å². The lowest BCUT2D eigenvalue weighted by atomic mass is 9.98. The summed E-state index contributed by atoms with van der Waals surface area (Å²) in [5.74, 6) is -0.284. The summed E-state index contributed by atoms with van der Waals surface area (Å²) in [5, 5.41) is 0.695. The van der Waals surface area contributed by atoms with Crippen LogP contribution in [0.5, 0.6) is 0 Å². The van der Waals surface area contributed by atoms with Gasteiger partial charge in [-0.2, -0.15) is 0 Å². The van der Waals surface area contributed by atoms with E-state index in [0.717, 1.165) is 5.56 Å². The molecule has 0 saturated heterocycles. The van der Waals surface area contributed by atoms with Crippen LogP contribution in [0, 0.1) is 5.92 Å². The third-order valence-corrected chi connectivity index (χ3v) is 3.16. The molecule has 0 fully saturated rings. The molecular formula is C15H22ClNO2. The fraction of sp³-hybridized carbons (Fsp3) is 0.533. The zero-order chi connectivity index (χ0) is 14.6. The Bertz CT molecular complexity index is 426. The molecule has 0 unspecified atom stereocenters. The second-order valence-electron chi connectivity index (χ2n) is 5.75. The highest BCUT2D eigenvalue weighted by atomic mass is 35.5. The molecule has 0 radical (unpaired) electrons. The van der Waals surface area contributed by atoms with Crippen LogP contribution in [0.4, 0.5) is 0 Å². The summed E-state index contributed by atoms with van der Waals surface area (Å²) in [4.78, 5) is 11.9. The number of benzene rings is 1. The summed E-state index contributed by atoms with van der Waals surface area (Å²) in [6, 6.07) is 6.94. The molecule has 1 rings (SSSR count). The van der Waals surface area contributed by atoms with Crippen molar-refractivity contribution in [3.8, 4) is 0 Å². The molecule has 0 heterocycles. The summed E-state index contributed by atoms with van der Waals surface area (Å²) in [5.41, 5.74) is 6.27. The third-order valence-electron chi connectivity index (χ3n) is 2.91. The van der Waals surface area contributed by atoms with Gasteiger partial charge in [-0.25, -0.2) is 0 Å². The smallest absolute Gasteiger partial charge is 0.323 e. The Kier molecular flexibility index (Phi) is 5.39. The minimum absolute atomic E-state index is 0.0684. The van der Waals surface area contributed by atoms with Crippen molar-refractivity contribution in [1.82, 2.24) is 0 Å². The summed E-state index contributed by atoms with van der Waals surface area (Å²) in [7, 11) is 0. The molecule has 1 aromatic rings. The average molecular weight is 284 g/mol. The minimum atomic E-state index is -0.586. The molecule has 4 heteroatoms. The fourth-order valence-electron chi connectivity index (χ4n) is 1.74. The van der Waals surface area contributed by atoms with Crippen LogP contribution in [0.15, 0.2) is 24.3 Å². The molecule has 19 heavy (non-hydrogen) atoms. The van der Waals surface area contributed by atoms with Crippen molar-refractivity contribution < 1.29 is 9.53 Å². The molecule has 0 aromatic heterocycles. The quantitative estimate of drug-likeness (QED) is 0.845. The summed E-state index contributed by atoms with van der Waals surface area (Å²) in [6.45, 7) is 7.56. The molecule has 3 nitrogen and oxygen atoms in total. The molecule has 0 spiro atoms. The van der Waals surface area contributed by atoms with Crippen molar-refractivity contribution in [3.63, 3.8) is 0 Å². The molecule has 0 aliphatic carbocycles. The average Bonchev–Trinajstić information content (AvgIpc) is 2.30. The van der Waals surface area contributed by atoms with Gasteiger partial charge in [0.05, 0.1) is 0 Å². The molecular weight excluding hydrogens is 262 g/mol. The number of hydrogen-bond acceptors (Lipinski definition) is 3. The first kappa shape index (κ1) is 16.0. The van der Waals surface area contributed by atoms with Gasteiger partial charge in [0, 0.05) is 11.4 Å². The van der Waals surface area contributed by atoms with Crippen molar-refractivity contribution >= 4 is 17.6 Å². The van der Waals surface area contributed by atoms with E-state index in [1.807, 2.05) is 52.0 Å². The van der Waals surface area contributed by atoms with Crippen LogP contribution in [-0.4, -0.2) is 17.6 Å². The van der Waals surface area contributed by atoms with E-state index in [2.05, 4.69) is 0 Å². The first-order valence-electron chi connectivity index (χ1n) is 6.44. The predicted octanol–water partition coefficient (Wildman–Crippen LogP) is 3.19. The van der Waals surface area contributed by atoms with Crippen LogP contribution in [0.2, 0.25) is 5.02 Å². The van der Waals surface area contributed by atoms with Gasteiger partial charge in [0.15, 0.2) is 0 Å². The largest absolute Gasteiger partial charge is 0.458 e. The number of rotatable bonds is 5. The lowest BCUT2D eigenvalue weighted by Crippen LogP contribution is -2.42. The van der Waals surface area contributed by atoms with Crippen molar-refractivity contribution in [1.29, 1.82) is 0 Å². The minimum Gasteiger partial charge on any atom is -0.458 e. The maximum Gasteiger partial charge on any atom is 0.323 e. The first-order valence-corrected chi connectivity index (χ1v) is 6.82. The lowest BCUT2D eigenvalue weighted by Gasteiger charge is -2.27. The topological polar surface area (TPSA) is 52.3 Å². The second-order valence-corrected chi connectivity index (χ2v) is 6.19. The van der Waals surface area contributed by atoms with Gasteiger partial charge in [-0.15, -0.1) is 0 Å². The van der Waals surface area contributed by atoms with Gasteiger partial charge >= 0.3 is 5.97 Å².